The third-order valence-corrected chi connectivity index (χ3v) is 11.1. The van der Waals surface area contributed by atoms with Crippen LogP contribution in [0, 0.1) is 22.0 Å². The van der Waals surface area contributed by atoms with Crippen molar-refractivity contribution in [3.63, 3.8) is 0 Å². The van der Waals surface area contributed by atoms with Gasteiger partial charge >= 0.3 is 15.6 Å². The fourth-order valence-corrected chi connectivity index (χ4v) is 8.20. The quantitative estimate of drug-likeness (QED) is 0.0209. The largest absolute Gasteiger partial charge is 0.524 e. The van der Waals surface area contributed by atoms with E-state index in [0.29, 0.717) is 34.1 Å². The van der Waals surface area contributed by atoms with Crippen LogP contribution >= 0.6 is 15.6 Å². The number of hydrogen-bond acceptors (Lipinski definition) is 11. The van der Waals surface area contributed by atoms with Crippen molar-refractivity contribution < 1.29 is 61.9 Å². The number of phosphoric ester groups is 2. The van der Waals surface area contributed by atoms with Crippen LogP contribution in [0.15, 0.2) is 109 Å². The first-order chi connectivity index (χ1) is 32.8. The molecule has 5 aromatic rings. The van der Waals surface area contributed by atoms with Crippen LogP contribution in [0.2, 0.25) is 0 Å². The molecule has 1 aromatic heterocycles. The number of phosphoric acid groups is 2. The van der Waals surface area contributed by atoms with E-state index in [-0.39, 0.29) is 60.3 Å². The molecule has 0 spiro atoms. The molecule has 22 heteroatoms. The van der Waals surface area contributed by atoms with Gasteiger partial charge in [-0.2, -0.15) is 0 Å². The molecule has 70 heavy (non-hydrogen) atoms. The number of nitro groups is 1. The highest BCUT2D eigenvalue weighted by molar-refractivity contribution is 7.47. The number of non-ortho nitro benzene ring substituents is 1. The number of benzene rings is 4. The highest BCUT2D eigenvalue weighted by Crippen LogP contribution is 2.38. The number of amides is 4. The number of hydrogen-bond donors (Lipinski definition) is 8. The number of carbonyl (C=O) groups is 4. The molecule has 0 aliphatic heterocycles. The second kappa shape index (κ2) is 25.9. The number of nitrogens with one attached hydrogen (secondary N) is 4. The number of aromatic nitrogens is 1. The highest BCUT2D eigenvalue weighted by Gasteiger charge is 2.26. The zero-order valence-corrected chi connectivity index (χ0v) is 41.3. The Morgan fingerprint density at radius 1 is 0.629 bits per heavy atom. The van der Waals surface area contributed by atoms with Gasteiger partial charge in [-0.1, -0.05) is 82.3 Å². The molecule has 4 aromatic carbocycles. The van der Waals surface area contributed by atoms with Crippen LogP contribution in [0.25, 0.3) is 10.9 Å². The predicted octanol–water partition coefficient (Wildman–Crippen LogP) is 6.49. The van der Waals surface area contributed by atoms with E-state index < -0.39 is 44.5 Å². The first-order valence-electron chi connectivity index (χ1n) is 22.3. The van der Waals surface area contributed by atoms with Gasteiger partial charge < -0.3 is 30.3 Å². The van der Waals surface area contributed by atoms with Crippen LogP contribution in [0.1, 0.15) is 81.4 Å². The van der Waals surface area contributed by atoms with Crippen molar-refractivity contribution in [2.45, 2.75) is 97.8 Å². The average molecular weight is 1010 g/mol. The van der Waals surface area contributed by atoms with Crippen molar-refractivity contribution in [3.8, 4) is 11.5 Å². The van der Waals surface area contributed by atoms with Gasteiger partial charge in [0.2, 0.25) is 17.7 Å². The Kier molecular flexibility index (Phi) is 20.7. The van der Waals surface area contributed by atoms with Gasteiger partial charge in [-0.3, -0.25) is 53.9 Å². The lowest BCUT2D eigenvalue weighted by Crippen LogP contribution is -2.50. The third kappa shape index (κ3) is 20.2. The molecule has 0 aliphatic rings. The van der Waals surface area contributed by atoms with Gasteiger partial charge in [0, 0.05) is 48.6 Å². The fraction of sp³-hybridized carbons (Fsp3) is 0.354. The van der Waals surface area contributed by atoms with Gasteiger partial charge in [0.05, 0.1) is 22.4 Å². The van der Waals surface area contributed by atoms with Crippen LogP contribution < -0.4 is 30.3 Å². The number of rotatable bonds is 22. The normalized spacial score (nSPS) is 13.2. The Morgan fingerprint density at radius 2 is 1.11 bits per heavy atom. The van der Waals surface area contributed by atoms with Crippen molar-refractivity contribution in [2.75, 3.05) is 0 Å². The Morgan fingerprint density at radius 3 is 1.59 bits per heavy atom. The van der Waals surface area contributed by atoms with Crippen molar-refractivity contribution in [1.82, 2.24) is 26.3 Å². The van der Waals surface area contributed by atoms with E-state index in [2.05, 4.69) is 49.1 Å². The lowest BCUT2D eigenvalue weighted by molar-refractivity contribution is -0.384. The summed E-state index contributed by atoms with van der Waals surface area (Å²) >= 11 is 0. The maximum atomic E-state index is 13.1. The van der Waals surface area contributed by atoms with E-state index in [9.17, 15) is 38.4 Å². The molecule has 4 unspecified atom stereocenters. The average Bonchev–Trinajstić information content (AvgIpc) is 3.25. The summed E-state index contributed by atoms with van der Waals surface area (Å²) in [6.07, 6.45) is 3.13. The third-order valence-electron chi connectivity index (χ3n) is 10.2. The molecule has 376 valence electrons. The molecule has 0 bridgehead atoms. The summed E-state index contributed by atoms with van der Waals surface area (Å²) in [5.74, 6) is -0.914. The topological polar surface area (TPSA) is 306 Å². The van der Waals surface area contributed by atoms with Crippen molar-refractivity contribution >= 4 is 55.9 Å². The van der Waals surface area contributed by atoms with Gasteiger partial charge in [-0.25, -0.2) is 9.13 Å². The Labute approximate surface area is 405 Å². The summed E-state index contributed by atoms with van der Waals surface area (Å²) < 4.78 is 31.1. The number of fused-ring (bicyclic) bond motifs is 1. The van der Waals surface area contributed by atoms with Crippen molar-refractivity contribution in [1.29, 1.82) is 0 Å². The maximum Gasteiger partial charge on any atom is 0.524 e. The molecule has 5 rings (SSSR count). The van der Waals surface area contributed by atoms with Crippen LogP contribution in [0.3, 0.4) is 0 Å². The standard InChI is InChI=1S/C25H30N3O6P.C23H30N3O8P/c1-16(2)12-17(3)27-25(30)23(13-18-8-10-21(11-9-18)34-35(31,32)33)28-24(29)20-14-19-6-4-5-7-22(19)26-15-20;1-15(2)11-16(3)24-23(28)21(13-17-7-9-20(10-8-17)34-35(31,32)33)25-22(27)14-18-5-4-6-19(12-18)26(29)30/h4-11,14-17,23H,12-13H2,1-3H3,(H,27,30)(H,28,29)(H2,31,32,33);4-10,12,15-16,21H,11,13-14H2,1-3H3,(H,24,28)(H,25,27)(H2,31,32,33). The Hall–Kier alpha value is -6.53. The fourth-order valence-electron chi connectivity index (χ4n) is 7.40. The number of pyridine rings is 1. The summed E-state index contributed by atoms with van der Waals surface area (Å²) in [4.78, 5) is 102. The van der Waals surface area contributed by atoms with Crippen LogP contribution in [0.5, 0.6) is 11.5 Å². The molecule has 4 atom stereocenters. The minimum absolute atomic E-state index is 0.0000795. The SMILES string of the molecule is CC(C)CC(C)NC(=O)C(Cc1ccc(OP(=O)(O)O)cc1)NC(=O)Cc1cccc([N+](=O)[O-])c1.CC(C)CC(C)NC(=O)C(Cc1ccc(OP(=O)(O)O)cc1)NC(=O)c1cnc2ccccc2c1. The number of nitrogens with zero attached hydrogens (tertiary/aromatic N) is 2. The zero-order chi connectivity index (χ0) is 51.8. The second-order valence-electron chi connectivity index (χ2n) is 17.6. The van der Waals surface area contributed by atoms with Crippen LogP contribution in [0.4, 0.5) is 5.69 Å². The molecular formula is C48H60N6O14P2. The summed E-state index contributed by atoms with van der Waals surface area (Å²) in [7, 11) is -9.37. The predicted molar refractivity (Wildman–Crippen MR) is 261 cm³/mol. The summed E-state index contributed by atoms with van der Waals surface area (Å²) in [5.41, 5.74) is 2.69. The smallest absolute Gasteiger partial charge is 0.404 e. The van der Waals surface area contributed by atoms with E-state index in [1.54, 1.807) is 24.3 Å². The number of nitro benzene ring substituents is 1. The molecule has 8 N–H and O–H groups in total. The molecule has 20 nitrogen and oxygen atoms in total. The molecule has 0 radical (unpaired) electrons. The first-order valence-corrected chi connectivity index (χ1v) is 25.4. The molecule has 0 aliphatic carbocycles. The van der Waals surface area contributed by atoms with Crippen molar-refractivity contribution in [3.05, 3.63) is 142 Å². The van der Waals surface area contributed by atoms with Gasteiger partial charge in [0.15, 0.2) is 0 Å². The van der Waals surface area contributed by atoms with E-state index in [1.165, 1.54) is 60.8 Å². The summed E-state index contributed by atoms with van der Waals surface area (Å²) in [5, 5.41) is 23.2. The summed E-state index contributed by atoms with van der Waals surface area (Å²) in [6, 6.07) is 24.6. The van der Waals surface area contributed by atoms with E-state index in [1.807, 2.05) is 52.0 Å². The van der Waals surface area contributed by atoms with E-state index in [4.69, 9.17) is 19.6 Å². The van der Waals surface area contributed by atoms with Gasteiger partial charge in [0.1, 0.15) is 23.6 Å². The lowest BCUT2D eigenvalue weighted by Gasteiger charge is -2.22. The number of carbonyl (C=O) groups excluding carboxylic acids is 4. The molecule has 0 saturated carbocycles. The zero-order valence-electron chi connectivity index (χ0n) is 39.6. The molecule has 1 heterocycles. The number of para-hydroxylation sites is 1. The van der Waals surface area contributed by atoms with Crippen LogP contribution in [-0.2, 0) is 42.8 Å². The minimum Gasteiger partial charge on any atom is -0.404 e. The van der Waals surface area contributed by atoms with Gasteiger partial charge in [0.25, 0.3) is 11.6 Å². The first kappa shape index (κ1) is 56.1. The van der Waals surface area contributed by atoms with Crippen LogP contribution in [-0.4, -0.2) is 77.3 Å². The van der Waals surface area contributed by atoms with E-state index >= 15 is 0 Å². The lowest BCUT2D eigenvalue weighted by atomic mass is 10.0. The molecule has 0 saturated heterocycles. The Bertz CT molecular complexity index is 2680. The molecular weight excluding hydrogens is 947 g/mol. The summed E-state index contributed by atoms with van der Waals surface area (Å²) in [6.45, 7) is 12.0. The molecule has 0 fully saturated rings. The van der Waals surface area contributed by atoms with Crippen molar-refractivity contribution in [2.24, 2.45) is 11.8 Å². The Balaban J connectivity index is 0.000000305. The highest BCUT2D eigenvalue weighted by atomic mass is 31.2. The monoisotopic (exact) mass is 1010 g/mol. The maximum absolute atomic E-state index is 13.1. The van der Waals surface area contributed by atoms with Gasteiger partial charge in [-0.05, 0) is 91.6 Å². The molecule has 4 amide bonds. The van der Waals surface area contributed by atoms with Gasteiger partial charge in [-0.15, -0.1) is 0 Å². The minimum atomic E-state index is -4.70. The van der Waals surface area contributed by atoms with E-state index in [0.717, 1.165) is 23.7 Å². The second-order valence-corrected chi connectivity index (χ2v) is 19.9.